The summed E-state index contributed by atoms with van der Waals surface area (Å²) in [6.07, 6.45) is 2.12. The van der Waals surface area contributed by atoms with Gasteiger partial charge in [0.15, 0.2) is 5.13 Å². The second-order valence-corrected chi connectivity index (χ2v) is 8.97. The molecule has 0 bridgehead atoms. The van der Waals surface area contributed by atoms with E-state index in [1.54, 1.807) is 23.5 Å². The monoisotopic (exact) mass is 417 g/mol. The number of aliphatic carboxylic acids is 1. The molecular weight excluding hydrogens is 386 g/mol. The maximum Gasteiger partial charge on any atom is 0.305 e. The average molecular weight is 418 g/mol. The molecule has 0 spiro atoms. The van der Waals surface area contributed by atoms with Crippen LogP contribution in [-0.4, -0.2) is 35.1 Å². The molecule has 0 fully saturated rings. The summed E-state index contributed by atoms with van der Waals surface area (Å²) in [5.41, 5.74) is 2.77. The first-order valence-electron chi connectivity index (χ1n) is 10.0. The SMILES string of the molecule is CCCCN(Cc1ccc(C(=O)NCCC(=O)O)cc1)c1nc(C(C)(C)C)cs1. The van der Waals surface area contributed by atoms with Crippen LogP contribution in [-0.2, 0) is 16.8 Å². The number of nitrogens with one attached hydrogen (secondary N) is 1. The van der Waals surface area contributed by atoms with Crippen LogP contribution in [0.2, 0.25) is 0 Å². The molecule has 0 saturated carbocycles. The molecule has 6 nitrogen and oxygen atoms in total. The van der Waals surface area contributed by atoms with Gasteiger partial charge in [0.1, 0.15) is 0 Å². The highest BCUT2D eigenvalue weighted by Gasteiger charge is 2.20. The number of thiazole rings is 1. The Morgan fingerprint density at radius 1 is 1.21 bits per heavy atom. The number of hydrogen-bond acceptors (Lipinski definition) is 5. The molecule has 29 heavy (non-hydrogen) atoms. The zero-order chi connectivity index (χ0) is 21.4. The summed E-state index contributed by atoms with van der Waals surface area (Å²) >= 11 is 1.68. The first-order chi connectivity index (χ1) is 13.7. The van der Waals surface area contributed by atoms with Crippen LogP contribution in [0.3, 0.4) is 0 Å². The molecule has 1 heterocycles. The van der Waals surface area contributed by atoms with Gasteiger partial charge in [0, 0.05) is 36.0 Å². The number of amides is 1. The zero-order valence-electron chi connectivity index (χ0n) is 17.7. The van der Waals surface area contributed by atoms with Gasteiger partial charge in [0.25, 0.3) is 5.91 Å². The van der Waals surface area contributed by atoms with Crippen LogP contribution < -0.4 is 10.2 Å². The van der Waals surface area contributed by atoms with E-state index < -0.39 is 5.97 Å². The van der Waals surface area contributed by atoms with Gasteiger partial charge in [-0.15, -0.1) is 11.3 Å². The fourth-order valence-corrected chi connectivity index (χ4v) is 3.79. The Balaban J connectivity index is 2.06. The lowest BCUT2D eigenvalue weighted by molar-refractivity contribution is -0.136. The molecule has 1 aromatic heterocycles. The molecule has 2 aromatic rings. The number of rotatable bonds is 10. The third kappa shape index (κ3) is 7.16. The largest absolute Gasteiger partial charge is 0.481 e. The summed E-state index contributed by atoms with van der Waals surface area (Å²) in [6.45, 7) is 10.5. The lowest BCUT2D eigenvalue weighted by Gasteiger charge is -2.22. The maximum atomic E-state index is 12.1. The quantitative estimate of drug-likeness (QED) is 0.597. The minimum atomic E-state index is -0.926. The minimum Gasteiger partial charge on any atom is -0.481 e. The lowest BCUT2D eigenvalue weighted by atomic mass is 9.93. The molecule has 0 unspecified atom stereocenters. The van der Waals surface area contributed by atoms with E-state index in [0.717, 1.165) is 42.3 Å². The summed E-state index contributed by atoms with van der Waals surface area (Å²) in [7, 11) is 0. The molecule has 1 aromatic carbocycles. The molecule has 7 heteroatoms. The van der Waals surface area contributed by atoms with Gasteiger partial charge in [-0.1, -0.05) is 46.2 Å². The summed E-state index contributed by atoms with van der Waals surface area (Å²) in [4.78, 5) is 29.8. The molecule has 1 amide bonds. The van der Waals surface area contributed by atoms with Gasteiger partial charge in [-0.05, 0) is 24.1 Å². The van der Waals surface area contributed by atoms with E-state index in [2.05, 4.69) is 43.3 Å². The van der Waals surface area contributed by atoms with Crippen LogP contribution in [0.1, 0.15) is 68.6 Å². The van der Waals surface area contributed by atoms with Crippen molar-refractivity contribution in [2.45, 2.75) is 58.9 Å². The second kappa shape index (κ2) is 10.4. The summed E-state index contributed by atoms with van der Waals surface area (Å²) in [6, 6.07) is 7.46. The first kappa shape index (κ1) is 22.9. The number of hydrogen-bond donors (Lipinski definition) is 2. The number of nitrogens with zero attached hydrogens (tertiary/aromatic N) is 2. The Kier molecular flexibility index (Phi) is 8.20. The molecule has 0 aliphatic heterocycles. The lowest BCUT2D eigenvalue weighted by Crippen LogP contribution is -2.26. The second-order valence-electron chi connectivity index (χ2n) is 8.14. The Labute approximate surface area is 177 Å². The number of unbranched alkanes of at least 4 members (excludes halogenated alkanes) is 1. The first-order valence-corrected chi connectivity index (χ1v) is 10.9. The van der Waals surface area contributed by atoms with Crippen molar-refractivity contribution in [1.82, 2.24) is 10.3 Å². The number of benzene rings is 1. The highest BCUT2D eigenvalue weighted by Crippen LogP contribution is 2.29. The van der Waals surface area contributed by atoms with E-state index in [0.29, 0.717) is 5.56 Å². The summed E-state index contributed by atoms with van der Waals surface area (Å²) in [5.74, 6) is -1.18. The predicted octanol–water partition coefficient (Wildman–Crippen LogP) is 4.45. The molecule has 2 rings (SSSR count). The van der Waals surface area contributed by atoms with E-state index >= 15 is 0 Å². The Hall–Kier alpha value is -2.41. The van der Waals surface area contributed by atoms with Crippen LogP contribution in [0.25, 0.3) is 0 Å². The van der Waals surface area contributed by atoms with Crippen molar-refractivity contribution in [3.05, 3.63) is 46.5 Å². The number of carboxylic acid groups (broad SMARTS) is 1. The van der Waals surface area contributed by atoms with E-state index in [9.17, 15) is 9.59 Å². The molecule has 0 aliphatic carbocycles. The van der Waals surface area contributed by atoms with Crippen LogP contribution >= 0.6 is 11.3 Å². The molecule has 158 valence electrons. The minimum absolute atomic E-state index is 0.0286. The van der Waals surface area contributed by atoms with Gasteiger partial charge < -0.3 is 15.3 Å². The van der Waals surface area contributed by atoms with Crippen molar-refractivity contribution in [2.75, 3.05) is 18.0 Å². The van der Waals surface area contributed by atoms with Gasteiger partial charge in [-0.2, -0.15) is 0 Å². The fraction of sp³-hybridized carbons (Fsp3) is 0.500. The van der Waals surface area contributed by atoms with E-state index in [1.165, 1.54) is 0 Å². The van der Waals surface area contributed by atoms with Crippen LogP contribution in [0.15, 0.2) is 29.6 Å². The van der Waals surface area contributed by atoms with Crippen molar-refractivity contribution in [3.8, 4) is 0 Å². The Morgan fingerprint density at radius 3 is 2.45 bits per heavy atom. The molecule has 2 N–H and O–H groups in total. The normalized spacial score (nSPS) is 11.3. The number of carbonyl (C=O) groups excluding carboxylic acids is 1. The number of carbonyl (C=O) groups is 2. The smallest absolute Gasteiger partial charge is 0.305 e. The van der Waals surface area contributed by atoms with Crippen molar-refractivity contribution in [1.29, 1.82) is 0 Å². The van der Waals surface area contributed by atoms with Crippen molar-refractivity contribution < 1.29 is 14.7 Å². The highest BCUT2D eigenvalue weighted by atomic mass is 32.1. The van der Waals surface area contributed by atoms with Crippen molar-refractivity contribution >= 4 is 28.3 Å². The third-order valence-electron chi connectivity index (χ3n) is 4.53. The van der Waals surface area contributed by atoms with Crippen molar-refractivity contribution in [2.24, 2.45) is 0 Å². The maximum absolute atomic E-state index is 12.1. The molecular formula is C22H31N3O3S. The number of aromatic nitrogens is 1. The van der Waals surface area contributed by atoms with Crippen LogP contribution in [0.5, 0.6) is 0 Å². The van der Waals surface area contributed by atoms with Gasteiger partial charge in [-0.25, -0.2) is 4.98 Å². The molecule has 0 radical (unpaired) electrons. The zero-order valence-corrected chi connectivity index (χ0v) is 18.5. The van der Waals surface area contributed by atoms with E-state index in [-0.39, 0.29) is 24.3 Å². The van der Waals surface area contributed by atoms with Gasteiger partial charge in [0.05, 0.1) is 12.1 Å². The van der Waals surface area contributed by atoms with Crippen LogP contribution in [0, 0.1) is 0 Å². The third-order valence-corrected chi connectivity index (χ3v) is 5.43. The molecule has 0 atom stereocenters. The standard InChI is InChI=1S/C22H31N3O3S/c1-5-6-13-25(21-24-18(15-29-21)22(2,3)4)14-16-7-9-17(10-8-16)20(28)23-12-11-19(26)27/h7-10,15H,5-6,11-14H2,1-4H3,(H,23,28)(H,26,27). The summed E-state index contributed by atoms with van der Waals surface area (Å²) in [5, 5.41) is 14.4. The topological polar surface area (TPSA) is 82.5 Å². The average Bonchev–Trinajstić information content (AvgIpc) is 3.16. The Bertz CT molecular complexity index is 809. The molecule has 0 aliphatic rings. The number of anilines is 1. The Morgan fingerprint density at radius 2 is 1.90 bits per heavy atom. The van der Waals surface area contributed by atoms with Gasteiger partial charge in [-0.3, -0.25) is 9.59 Å². The summed E-state index contributed by atoms with van der Waals surface area (Å²) < 4.78 is 0. The van der Waals surface area contributed by atoms with Gasteiger partial charge in [0.2, 0.25) is 0 Å². The highest BCUT2D eigenvalue weighted by molar-refractivity contribution is 7.13. The van der Waals surface area contributed by atoms with Gasteiger partial charge >= 0.3 is 5.97 Å². The molecule has 0 saturated heterocycles. The number of carboxylic acids is 1. The van der Waals surface area contributed by atoms with E-state index in [1.807, 2.05) is 12.1 Å². The van der Waals surface area contributed by atoms with Crippen LogP contribution in [0.4, 0.5) is 5.13 Å². The van der Waals surface area contributed by atoms with Crippen molar-refractivity contribution in [3.63, 3.8) is 0 Å². The fourth-order valence-electron chi connectivity index (χ4n) is 2.71. The van der Waals surface area contributed by atoms with E-state index in [4.69, 9.17) is 10.1 Å². The predicted molar refractivity (Wildman–Crippen MR) is 118 cm³/mol.